The lowest BCUT2D eigenvalue weighted by Crippen LogP contribution is -2.41. The first-order valence-electron chi connectivity index (χ1n) is 14.4. The number of piperidine rings is 1. The summed E-state index contributed by atoms with van der Waals surface area (Å²) in [5, 5.41) is 31.5. The summed E-state index contributed by atoms with van der Waals surface area (Å²) < 4.78 is 18.1. The molecule has 15 nitrogen and oxygen atoms in total. The van der Waals surface area contributed by atoms with Crippen LogP contribution in [0, 0.1) is 11.7 Å². The average Bonchev–Trinajstić information content (AvgIpc) is 3.64. The predicted molar refractivity (Wildman–Crippen MR) is 159 cm³/mol. The van der Waals surface area contributed by atoms with Gasteiger partial charge in [-0.1, -0.05) is 12.1 Å². The minimum atomic E-state index is -1.22. The van der Waals surface area contributed by atoms with Crippen LogP contribution in [0.1, 0.15) is 30.5 Å². The normalized spacial score (nSPS) is 13.5. The molecule has 16 heteroatoms. The molecule has 0 saturated carbocycles. The van der Waals surface area contributed by atoms with Gasteiger partial charge in [0.1, 0.15) is 18.9 Å². The van der Waals surface area contributed by atoms with Gasteiger partial charge in [0.2, 0.25) is 17.7 Å². The van der Waals surface area contributed by atoms with Crippen LogP contribution in [-0.4, -0.2) is 96.4 Å². The molecule has 0 bridgehead atoms. The maximum Gasteiger partial charge on any atom is 0.322 e. The SMILES string of the molecule is O=C(O)CCC(=O)N1CCC(C(=O)n2ncc3cc(F)c(-c4cccc5c4cnn5CC(=O)NCC(=O)NCC(=O)O)cc32)CC1. The first-order chi connectivity index (χ1) is 22.0. The summed E-state index contributed by atoms with van der Waals surface area (Å²) in [6.07, 6.45) is 3.30. The van der Waals surface area contributed by atoms with Crippen molar-refractivity contribution in [2.45, 2.75) is 32.2 Å². The molecule has 0 spiro atoms. The molecule has 2 aromatic carbocycles. The maximum absolute atomic E-state index is 15.5. The summed E-state index contributed by atoms with van der Waals surface area (Å²) in [5.41, 5.74) is 1.55. The van der Waals surface area contributed by atoms with Crippen LogP contribution in [0.15, 0.2) is 42.7 Å². The Morgan fingerprint density at radius 2 is 1.59 bits per heavy atom. The molecule has 240 valence electrons. The first-order valence-corrected chi connectivity index (χ1v) is 14.4. The van der Waals surface area contributed by atoms with Gasteiger partial charge in [-0.25, -0.2) is 4.39 Å². The topological polar surface area (TPSA) is 206 Å². The number of nitrogens with one attached hydrogen (secondary N) is 2. The van der Waals surface area contributed by atoms with Crippen LogP contribution in [0.25, 0.3) is 32.9 Å². The van der Waals surface area contributed by atoms with Gasteiger partial charge in [-0.05, 0) is 36.6 Å². The van der Waals surface area contributed by atoms with Gasteiger partial charge in [0.05, 0.1) is 36.4 Å². The van der Waals surface area contributed by atoms with Crippen molar-refractivity contribution in [2.75, 3.05) is 26.2 Å². The number of hydrogen-bond acceptors (Lipinski definition) is 8. The van der Waals surface area contributed by atoms with Gasteiger partial charge < -0.3 is 25.7 Å². The minimum absolute atomic E-state index is 0.0974. The number of carbonyl (C=O) groups is 6. The third-order valence-electron chi connectivity index (χ3n) is 7.77. The van der Waals surface area contributed by atoms with Gasteiger partial charge in [-0.3, -0.25) is 33.4 Å². The molecule has 0 unspecified atom stereocenters. The Morgan fingerprint density at radius 1 is 0.848 bits per heavy atom. The summed E-state index contributed by atoms with van der Waals surface area (Å²) in [6.45, 7) is -0.618. The summed E-state index contributed by atoms with van der Waals surface area (Å²) in [5.74, 6) is -5.03. The molecular weight excluding hydrogens is 605 g/mol. The van der Waals surface area contributed by atoms with E-state index in [4.69, 9.17) is 10.2 Å². The Labute approximate surface area is 259 Å². The molecule has 46 heavy (non-hydrogen) atoms. The second kappa shape index (κ2) is 13.5. The maximum atomic E-state index is 15.5. The van der Waals surface area contributed by atoms with Crippen LogP contribution in [0.2, 0.25) is 0 Å². The van der Waals surface area contributed by atoms with Gasteiger partial charge in [-0.2, -0.15) is 14.9 Å². The van der Waals surface area contributed by atoms with Crippen molar-refractivity contribution in [2.24, 2.45) is 5.92 Å². The third-order valence-corrected chi connectivity index (χ3v) is 7.77. The van der Waals surface area contributed by atoms with Crippen molar-refractivity contribution in [3.63, 3.8) is 0 Å². The summed E-state index contributed by atoms with van der Waals surface area (Å²) in [4.78, 5) is 72.9. The highest BCUT2D eigenvalue weighted by Gasteiger charge is 2.30. The van der Waals surface area contributed by atoms with E-state index in [1.54, 1.807) is 23.1 Å². The highest BCUT2D eigenvalue weighted by atomic mass is 19.1. The molecule has 0 radical (unpaired) electrons. The molecule has 2 aromatic heterocycles. The van der Waals surface area contributed by atoms with Gasteiger partial charge in [0.15, 0.2) is 0 Å². The van der Waals surface area contributed by atoms with Crippen LogP contribution in [0.4, 0.5) is 4.39 Å². The average molecular weight is 636 g/mol. The number of amides is 3. The van der Waals surface area contributed by atoms with E-state index < -0.39 is 48.6 Å². The zero-order valence-corrected chi connectivity index (χ0v) is 24.4. The standard InChI is InChI=1S/C30H30FN7O8/c31-22-10-18-12-35-38(30(46)17-6-8-36(9-7-17)27(41)4-5-28(42)43)24(18)11-20(22)19-2-1-3-23-21(19)13-34-37(23)16-26(40)32-14-25(39)33-15-29(44)45/h1-3,10-13,17H,4-9,14-16H2,(H,32,40)(H,33,39)(H,42,43)(H,44,45). The van der Waals surface area contributed by atoms with E-state index in [2.05, 4.69) is 20.8 Å². The molecule has 1 fully saturated rings. The number of rotatable bonds is 11. The van der Waals surface area contributed by atoms with Gasteiger partial charge >= 0.3 is 11.9 Å². The first kappa shape index (κ1) is 31.7. The number of fused-ring (bicyclic) bond motifs is 2. The second-order valence-corrected chi connectivity index (χ2v) is 10.8. The van der Waals surface area contributed by atoms with Crippen LogP contribution >= 0.6 is 0 Å². The van der Waals surface area contributed by atoms with E-state index in [1.807, 2.05) is 0 Å². The molecule has 4 aromatic rings. The second-order valence-electron chi connectivity index (χ2n) is 10.8. The lowest BCUT2D eigenvalue weighted by molar-refractivity contribution is -0.141. The predicted octanol–water partition coefficient (Wildman–Crippen LogP) is 1.25. The number of halogens is 1. The van der Waals surface area contributed by atoms with Crippen molar-refractivity contribution >= 4 is 57.4 Å². The molecule has 3 amide bonds. The molecule has 1 saturated heterocycles. The highest BCUT2D eigenvalue weighted by Crippen LogP contribution is 2.33. The number of nitrogens with zero attached hydrogens (tertiary/aromatic N) is 5. The molecule has 0 aliphatic carbocycles. The lowest BCUT2D eigenvalue weighted by Gasteiger charge is -2.31. The van der Waals surface area contributed by atoms with E-state index in [0.717, 1.165) is 0 Å². The molecule has 4 N–H and O–H groups in total. The number of likely N-dealkylation sites (tertiary alicyclic amines) is 1. The van der Waals surface area contributed by atoms with E-state index in [9.17, 15) is 28.8 Å². The zero-order chi connectivity index (χ0) is 33.0. The summed E-state index contributed by atoms with van der Waals surface area (Å²) in [6, 6.07) is 7.88. The third kappa shape index (κ3) is 7.00. The monoisotopic (exact) mass is 635 g/mol. The largest absolute Gasteiger partial charge is 0.481 e. The molecule has 1 aliphatic heterocycles. The van der Waals surface area contributed by atoms with Crippen LogP contribution < -0.4 is 10.6 Å². The quantitative estimate of drug-likeness (QED) is 0.186. The number of hydrogen-bond donors (Lipinski definition) is 4. The minimum Gasteiger partial charge on any atom is -0.481 e. The number of carboxylic acids is 2. The van der Waals surface area contributed by atoms with Crippen LogP contribution in [0.3, 0.4) is 0 Å². The van der Waals surface area contributed by atoms with Crippen molar-refractivity contribution in [1.29, 1.82) is 0 Å². The van der Waals surface area contributed by atoms with E-state index in [-0.39, 0.29) is 36.8 Å². The number of benzene rings is 2. The Morgan fingerprint density at radius 3 is 2.30 bits per heavy atom. The fourth-order valence-electron chi connectivity index (χ4n) is 5.42. The Kier molecular flexibility index (Phi) is 9.34. The molecule has 0 atom stereocenters. The molecule has 1 aliphatic rings. The smallest absolute Gasteiger partial charge is 0.322 e. The van der Waals surface area contributed by atoms with Gasteiger partial charge in [0, 0.05) is 41.8 Å². The molecular formula is C30H30FN7O8. The fraction of sp³-hybridized carbons (Fsp3) is 0.333. The van der Waals surface area contributed by atoms with Gasteiger partial charge in [0.25, 0.3) is 5.91 Å². The van der Waals surface area contributed by atoms with Crippen molar-refractivity contribution in [1.82, 2.24) is 35.1 Å². The highest BCUT2D eigenvalue weighted by molar-refractivity contribution is 5.99. The Bertz CT molecular complexity index is 1860. The Hall–Kier alpha value is -5.67. The zero-order valence-electron chi connectivity index (χ0n) is 24.4. The molecule has 3 heterocycles. The lowest BCUT2D eigenvalue weighted by atomic mass is 9.95. The fourth-order valence-corrected chi connectivity index (χ4v) is 5.42. The number of carboxylic acid groups (broad SMARTS) is 2. The van der Waals surface area contributed by atoms with Gasteiger partial charge in [-0.15, -0.1) is 0 Å². The number of aromatic nitrogens is 4. The summed E-state index contributed by atoms with van der Waals surface area (Å²) >= 11 is 0. The van der Waals surface area contributed by atoms with Crippen molar-refractivity contribution < 1.29 is 43.4 Å². The number of carbonyl (C=O) groups excluding carboxylic acids is 4. The van der Waals surface area contributed by atoms with Crippen molar-refractivity contribution in [3.8, 4) is 11.1 Å². The van der Waals surface area contributed by atoms with E-state index >= 15 is 4.39 Å². The van der Waals surface area contributed by atoms with Crippen molar-refractivity contribution in [3.05, 3.63) is 48.5 Å². The number of aliphatic carboxylic acids is 2. The van der Waals surface area contributed by atoms with E-state index in [0.29, 0.717) is 53.3 Å². The molecule has 5 rings (SSSR count). The summed E-state index contributed by atoms with van der Waals surface area (Å²) in [7, 11) is 0. The van der Waals surface area contributed by atoms with E-state index in [1.165, 1.54) is 33.9 Å². The van der Waals surface area contributed by atoms with Crippen LogP contribution in [-0.2, 0) is 30.5 Å². The van der Waals surface area contributed by atoms with Crippen LogP contribution in [0.5, 0.6) is 0 Å². The Balaban J connectivity index is 1.32.